The smallest absolute Gasteiger partial charge is 0.282 e. The number of nitrogens with zero attached hydrogens (tertiary/aromatic N) is 7. The maximum Gasteiger partial charge on any atom is 0.453 e. The van der Waals surface area contributed by atoms with Crippen molar-refractivity contribution in [3.8, 4) is 5.69 Å². The first-order valence-electron chi connectivity index (χ1n) is 7.22. The van der Waals surface area contributed by atoms with Crippen molar-refractivity contribution >= 4 is 22.5 Å². The van der Waals surface area contributed by atoms with Gasteiger partial charge in [0, 0.05) is 18.3 Å². The van der Waals surface area contributed by atoms with Gasteiger partial charge in [0.25, 0.3) is 22.8 Å². The molecule has 0 atom stereocenters. The molecule has 0 saturated heterocycles. The first kappa shape index (κ1) is 16.6. The zero-order valence-corrected chi connectivity index (χ0v) is 13.0. The van der Waals surface area contributed by atoms with Crippen LogP contribution in [0.4, 0.5) is 18.9 Å². The van der Waals surface area contributed by atoms with Gasteiger partial charge in [0.1, 0.15) is 5.52 Å². The monoisotopic (exact) mass is 377 g/mol. The van der Waals surface area contributed by atoms with E-state index in [0.717, 1.165) is 9.08 Å². The Morgan fingerprint density at radius 1 is 1.15 bits per heavy atom. The van der Waals surface area contributed by atoms with Crippen LogP contribution in [0.15, 0.2) is 41.3 Å². The van der Waals surface area contributed by atoms with Gasteiger partial charge in [0.2, 0.25) is 0 Å². The summed E-state index contributed by atoms with van der Waals surface area (Å²) in [7, 11) is 0. The van der Waals surface area contributed by atoms with Gasteiger partial charge in [-0.25, -0.2) is 0 Å². The lowest BCUT2D eigenvalue weighted by Crippen LogP contribution is -2.20. The highest BCUT2D eigenvalue weighted by Gasteiger charge is 2.36. The van der Waals surface area contributed by atoms with Gasteiger partial charge in [-0.05, 0) is 12.1 Å². The standard InChI is InChI=1S/C14H6F3N7O3/c15-14(16,17)12-18-13-20-19-10-9(23(13)21-12)4-5-22(11(10)25)7-2-1-3-8(6-7)24(26)27/h1-6H. The third-order valence-corrected chi connectivity index (χ3v) is 3.68. The lowest BCUT2D eigenvalue weighted by atomic mass is 10.2. The van der Waals surface area contributed by atoms with Crippen molar-refractivity contribution in [2.75, 3.05) is 0 Å². The Hall–Kier alpha value is -3.90. The average Bonchev–Trinajstić information content (AvgIpc) is 3.07. The molecule has 27 heavy (non-hydrogen) atoms. The lowest BCUT2D eigenvalue weighted by Gasteiger charge is -2.06. The molecule has 0 aliphatic heterocycles. The maximum atomic E-state index is 12.8. The Labute approximate surface area is 145 Å². The van der Waals surface area contributed by atoms with Crippen molar-refractivity contribution in [1.82, 2.24) is 29.4 Å². The Kier molecular flexibility index (Phi) is 3.41. The summed E-state index contributed by atoms with van der Waals surface area (Å²) in [6.45, 7) is 0. The summed E-state index contributed by atoms with van der Waals surface area (Å²) in [5.74, 6) is -1.82. The first-order valence-corrected chi connectivity index (χ1v) is 7.22. The van der Waals surface area contributed by atoms with Crippen LogP contribution in [0, 0.1) is 10.1 Å². The van der Waals surface area contributed by atoms with E-state index in [-0.39, 0.29) is 22.4 Å². The largest absolute Gasteiger partial charge is 0.453 e. The second kappa shape index (κ2) is 5.55. The number of alkyl halides is 3. The van der Waals surface area contributed by atoms with Crippen LogP contribution in [0.1, 0.15) is 5.82 Å². The Balaban J connectivity index is 1.95. The van der Waals surface area contributed by atoms with E-state index in [0.29, 0.717) is 0 Å². The van der Waals surface area contributed by atoms with Gasteiger partial charge >= 0.3 is 6.18 Å². The molecule has 0 N–H and O–H groups in total. The van der Waals surface area contributed by atoms with E-state index < -0.39 is 28.3 Å². The van der Waals surface area contributed by atoms with Crippen molar-refractivity contribution in [3.63, 3.8) is 0 Å². The number of nitro benzene ring substituents is 1. The number of fused-ring (bicyclic) bond motifs is 3. The summed E-state index contributed by atoms with van der Waals surface area (Å²) in [5, 5.41) is 21.4. The van der Waals surface area contributed by atoms with Gasteiger partial charge in [-0.2, -0.15) is 22.7 Å². The molecule has 0 unspecified atom stereocenters. The summed E-state index contributed by atoms with van der Waals surface area (Å²) in [6, 6.07) is 6.59. The molecule has 0 saturated carbocycles. The minimum atomic E-state index is -4.78. The van der Waals surface area contributed by atoms with Crippen molar-refractivity contribution < 1.29 is 18.1 Å². The molecular formula is C14H6F3N7O3. The molecule has 0 aliphatic carbocycles. The van der Waals surface area contributed by atoms with Crippen LogP contribution in [0.5, 0.6) is 0 Å². The van der Waals surface area contributed by atoms with E-state index >= 15 is 0 Å². The number of nitro groups is 1. The molecule has 10 nitrogen and oxygen atoms in total. The number of hydrogen-bond donors (Lipinski definition) is 0. The average molecular weight is 377 g/mol. The number of rotatable bonds is 2. The lowest BCUT2D eigenvalue weighted by molar-refractivity contribution is -0.384. The van der Waals surface area contributed by atoms with Gasteiger partial charge in [-0.15, -0.1) is 15.3 Å². The van der Waals surface area contributed by atoms with Crippen LogP contribution in [0.2, 0.25) is 0 Å². The predicted octanol–water partition coefficient (Wildman–Crippen LogP) is 1.75. The van der Waals surface area contributed by atoms with Gasteiger partial charge in [-0.1, -0.05) is 6.07 Å². The normalized spacial score (nSPS) is 12.0. The van der Waals surface area contributed by atoms with Crippen molar-refractivity contribution in [2.45, 2.75) is 6.18 Å². The fourth-order valence-electron chi connectivity index (χ4n) is 2.49. The molecule has 0 fully saturated rings. The Morgan fingerprint density at radius 2 is 1.93 bits per heavy atom. The number of pyridine rings is 1. The van der Waals surface area contributed by atoms with Crippen LogP contribution in [-0.4, -0.2) is 34.3 Å². The minimum absolute atomic E-state index is 0.0327. The molecule has 0 radical (unpaired) electrons. The molecule has 3 heterocycles. The van der Waals surface area contributed by atoms with Crippen LogP contribution in [-0.2, 0) is 6.18 Å². The molecule has 4 aromatic rings. The van der Waals surface area contributed by atoms with Gasteiger partial charge in [0.05, 0.1) is 10.6 Å². The summed E-state index contributed by atoms with van der Waals surface area (Å²) < 4.78 is 40.2. The summed E-state index contributed by atoms with van der Waals surface area (Å²) in [6.07, 6.45) is -3.53. The predicted molar refractivity (Wildman–Crippen MR) is 83.3 cm³/mol. The highest BCUT2D eigenvalue weighted by Crippen LogP contribution is 2.26. The van der Waals surface area contributed by atoms with Crippen molar-refractivity contribution in [1.29, 1.82) is 0 Å². The van der Waals surface area contributed by atoms with Crippen LogP contribution < -0.4 is 5.56 Å². The van der Waals surface area contributed by atoms with Crippen molar-refractivity contribution in [2.24, 2.45) is 0 Å². The first-order chi connectivity index (χ1) is 12.8. The second-order valence-corrected chi connectivity index (χ2v) is 5.35. The Bertz CT molecular complexity index is 1280. The number of halogens is 3. The van der Waals surface area contributed by atoms with Crippen LogP contribution in [0.3, 0.4) is 0 Å². The maximum absolute atomic E-state index is 12.8. The number of non-ortho nitro benzene ring substituents is 1. The molecule has 0 aliphatic rings. The molecule has 0 bridgehead atoms. The molecule has 3 aromatic heterocycles. The van der Waals surface area contributed by atoms with Gasteiger partial charge < -0.3 is 0 Å². The van der Waals surface area contributed by atoms with E-state index in [1.54, 1.807) is 0 Å². The Morgan fingerprint density at radius 3 is 2.63 bits per heavy atom. The third kappa shape index (κ3) is 2.65. The number of benzene rings is 1. The molecule has 1 aromatic carbocycles. The number of hydrogen-bond acceptors (Lipinski definition) is 7. The van der Waals surface area contributed by atoms with E-state index in [1.165, 1.54) is 36.5 Å². The van der Waals surface area contributed by atoms with Gasteiger partial charge in [-0.3, -0.25) is 19.5 Å². The third-order valence-electron chi connectivity index (χ3n) is 3.68. The number of aromatic nitrogens is 6. The van der Waals surface area contributed by atoms with Gasteiger partial charge in [0.15, 0.2) is 5.52 Å². The molecule has 0 spiro atoms. The summed E-state index contributed by atoms with van der Waals surface area (Å²) in [4.78, 5) is 26.2. The highest BCUT2D eigenvalue weighted by molar-refractivity contribution is 5.74. The SMILES string of the molecule is O=c1c2nnc3nc(C(F)(F)F)nn3c2ccn1-c1cccc([N+](=O)[O-])c1. The van der Waals surface area contributed by atoms with Crippen molar-refractivity contribution in [3.05, 3.63) is 62.8 Å². The summed E-state index contributed by atoms with van der Waals surface area (Å²) >= 11 is 0. The van der Waals surface area contributed by atoms with E-state index in [1.807, 2.05) is 0 Å². The molecule has 0 amide bonds. The highest BCUT2D eigenvalue weighted by atomic mass is 19.4. The zero-order valence-electron chi connectivity index (χ0n) is 13.0. The molecule has 136 valence electrons. The molecular weight excluding hydrogens is 371 g/mol. The van der Waals surface area contributed by atoms with Crippen LogP contribution in [0.25, 0.3) is 22.5 Å². The van der Waals surface area contributed by atoms with E-state index in [9.17, 15) is 28.1 Å². The minimum Gasteiger partial charge on any atom is -0.282 e. The molecule has 4 rings (SSSR count). The summed E-state index contributed by atoms with van der Waals surface area (Å²) in [5.41, 5.74) is -1.07. The fourth-order valence-corrected chi connectivity index (χ4v) is 2.49. The second-order valence-electron chi connectivity index (χ2n) is 5.35. The van der Waals surface area contributed by atoms with E-state index in [4.69, 9.17) is 0 Å². The topological polar surface area (TPSA) is 121 Å². The quantitative estimate of drug-likeness (QED) is 0.385. The molecule has 13 heteroatoms. The van der Waals surface area contributed by atoms with E-state index in [2.05, 4.69) is 20.3 Å². The fraction of sp³-hybridized carbons (Fsp3) is 0.0714. The van der Waals surface area contributed by atoms with Crippen LogP contribution >= 0.6 is 0 Å². The zero-order chi connectivity index (χ0) is 19.3.